The van der Waals surface area contributed by atoms with Crippen molar-refractivity contribution in [2.24, 2.45) is 0 Å². The van der Waals surface area contributed by atoms with Crippen LogP contribution in [0.3, 0.4) is 0 Å². The van der Waals surface area contributed by atoms with E-state index in [4.69, 9.17) is 0 Å². The first-order valence-corrected chi connectivity index (χ1v) is 9.20. The number of pyridine rings is 1. The van der Waals surface area contributed by atoms with Gasteiger partial charge in [-0.25, -0.2) is 5.01 Å². The summed E-state index contributed by atoms with van der Waals surface area (Å²) in [5.41, 5.74) is 5.27. The fraction of sp³-hybridized carbons (Fsp3) is 0.450. The average Bonchev–Trinajstić information content (AvgIpc) is 3.16. The highest BCUT2D eigenvalue weighted by atomic mass is 16.2. The summed E-state index contributed by atoms with van der Waals surface area (Å²) in [7, 11) is 0. The van der Waals surface area contributed by atoms with Crippen LogP contribution in [0, 0.1) is 11.3 Å². The molecule has 26 heavy (non-hydrogen) atoms. The van der Waals surface area contributed by atoms with E-state index in [1.54, 1.807) is 11.1 Å². The molecule has 1 unspecified atom stereocenters. The average molecular weight is 351 g/mol. The first-order chi connectivity index (χ1) is 12.6. The molecular formula is C20H25N5O. The molecule has 2 heterocycles. The molecule has 1 N–H and O–H groups in total. The quantitative estimate of drug-likeness (QED) is 0.809. The lowest BCUT2D eigenvalue weighted by molar-refractivity contribution is -0.132. The van der Waals surface area contributed by atoms with Gasteiger partial charge >= 0.3 is 0 Å². The second-order valence-electron chi connectivity index (χ2n) is 6.75. The Morgan fingerprint density at radius 2 is 2.27 bits per heavy atom. The molecule has 2 atom stereocenters. The van der Waals surface area contributed by atoms with Gasteiger partial charge in [0, 0.05) is 24.2 Å². The third-order valence-electron chi connectivity index (χ3n) is 5.06. The Balaban J connectivity index is 1.80. The van der Waals surface area contributed by atoms with Crippen molar-refractivity contribution < 1.29 is 4.79 Å². The summed E-state index contributed by atoms with van der Waals surface area (Å²) in [5.74, 6) is 0.000196. The van der Waals surface area contributed by atoms with E-state index in [-0.39, 0.29) is 24.5 Å². The van der Waals surface area contributed by atoms with Crippen molar-refractivity contribution >= 4 is 22.5 Å². The van der Waals surface area contributed by atoms with Crippen molar-refractivity contribution in [3.63, 3.8) is 0 Å². The molecule has 0 spiro atoms. The molecule has 1 aliphatic rings. The van der Waals surface area contributed by atoms with Crippen LogP contribution < -0.4 is 5.43 Å². The number of likely N-dealkylation sites (tertiary alicyclic amines) is 1. The zero-order valence-electron chi connectivity index (χ0n) is 15.4. The van der Waals surface area contributed by atoms with Gasteiger partial charge in [0.1, 0.15) is 6.04 Å². The topological polar surface area (TPSA) is 72.3 Å². The van der Waals surface area contributed by atoms with E-state index in [0.29, 0.717) is 6.54 Å². The zero-order valence-corrected chi connectivity index (χ0v) is 15.4. The number of rotatable bonds is 6. The number of nitriles is 1. The molecule has 2 aromatic rings. The molecule has 1 amide bonds. The first-order valence-electron chi connectivity index (χ1n) is 9.20. The van der Waals surface area contributed by atoms with Gasteiger partial charge in [-0.05, 0) is 38.3 Å². The molecule has 0 saturated carbocycles. The lowest BCUT2D eigenvalue weighted by Crippen LogP contribution is -2.47. The zero-order chi connectivity index (χ0) is 18.5. The van der Waals surface area contributed by atoms with E-state index in [2.05, 4.69) is 30.3 Å². The summed E-state index contributed by atoms with van der Waals surface area (Å²) in [6.07, 6.45) is 4.35. The maximum absolute atomic E-state index is 12.8. The van der Waals surface area contributed by atoms with Crippen LogP contribution in [-0.4, -0.2) is 46.0 Å². The number of para-hydroxylation sites is 1. The number of carbonyl (C=O) groups is 1. The van der Waals surface area contributed by atoms with Gasteiger partial charge in [0.15, 0.2) is 0 Å². The van der Waals surface area contributed by atoms with Crippen LogP contribution in [0.1, 0.15) is 33.1 Å². The maximum atomic E-state index is 12.8. The van der Waals surface area contributed by atoms with Crippen LogP contribution in [0.4, 0.5) is 5.69 Å². The molecule has 1 fully saturated rings. The van der Waals surface area contributed by atoms with Crippen LogP contribution in [0.5, 0.6) is 0 Å². The van der Waals surface area contributed by atoms with E-state index in [0.717, 1.165) is 35.9 Å². The van der Waals surface area contributed by atoms with Crippen LogP contribution in [0.25, 0.3) is 10.9 Å². The van der Waals surface area contributed by atoms with Crippen LogP contribution >= 0.6 is 0 Å². The maximum Gasteiger partial charge on any atom is 0.239 e. The monoisotopic (exact) mass is 351 g/mol. The molecule has 1 aromatic carbocycles. The summed E-state index contributed by atoms with van der Waals surface area (Å²) in [5, 5.41) is 12.2. The Morgan fingerprint density at radius 1 is 1.46 bits per heavy atom. The standard InChI is InChI=1S/C20H25N5O/c1-3-15(2)25(14-20(26)24-12-6-7-16(24)13-21)23-19-10-11-22-18-9-5-4-8-17(18)19/h4-5,8-11,15-16H,3,6-7,12,14H2,1-2H3,(H,22,23)/t15-,16?/m0/s1. The van der Waals surface area contributed by atoms with Crippen LogP contribution in [-0.2, 0) is 4.79 Å². The largest absolute Gasteiger partial charge is 0.325 e. The number of nitrogens with zero attached hydrogens (tertiary/aromatic N) is 4. The highest BCUT2D eigenvalue weighted by Gasteiger charge is 2.30. The van der Waals surface area contributed by atoms with E-state index < -0.39 is 0 Å². The summed E-state index contributed by atoms with van der Waals surface area (Å²) in [6.45, 7) is 5.10. The number of nitrogens with one attached hydrogen (secondary N) is 1. The number of carbonyl (C=O) groups excluding carboxylic acids is 1. The van der Waals surface area contributed by atoms with Crippen molar-refractivity contribution in [1.82, 2.24) is 14.9 Å². The lowest BCUT2D eigenvalue weighted by Gasteiger charge is -2.31. The van der Waals surface area contributed by atoms with Crippen LogP contribution in [0.2, 0.25) is 0 Å². The number of hydrazine groups is 1. The van der Waals surface area contributed by atoms with Gasteiger partial charge < -0.3 is 10.3 Å². The van der Waals surface area contributed by atoms with Gasteiger partial charge in [-0.2, -0.15) is 5.26 Å². The Bertz CT molecular complexity index is 810. The summed E-state index contributed by atoms with van der Waals surface area (Å²) < 4.78 is 0. The smallest absolute Gasteiger partial charge is 0.239 e. The summed E-state index contributed by atoms with van der Waals surface area (Å²) >= 11 is 0. The molecule has 0 bridgehead atoms. The third kappa shape index (κ3) is 3.78. The Hall–Kier alpha value is -2.65. The van der Waals surface area contributed by atoms with Crippen LogP contribution in [0.15, 0.2) is 36.5 Å². The SMILES string of the molecule is CC[C@H](C)N(CC(=O)N1CCCC1C#N)Nc1ccnc2ccccc12. The van der Waals surface area contributed by atoms with Crippen molar-refractivity contribution in [1.29, 1.82) is 5.26 Å². The molecule has 3 rings (SSSR count). The first kappa shape index (κ1) is 18.2. The Morgan fingerprint density at radius 3 is 3.04 bits per heavy atom. The van der Waals surface area contributed by atoms with E-state index in [1.165, 1.54) is 0 Å². The highest BCUT2D eigenvalue weighted by molar-refractivity contribution is 5.90. The van der Waals surface area contributed by atoms with Crippen molar-refractivity contribution in [2.45, 2.75) is 45.2 Å². The normalized spacial score (nSPS) is 18.1. The minimum absolute atomic E-state index is 0.000196. The molecule has 1 aliphatic heterocycles. The second kappa shape index (κ2) is 8.15. The van der Waals surface area contributed by atoms with E-state index in [1.807, 2.05) is 35.3 Å². The molecule has 0 aliphatic carbocycles. The molecule has 6 nitrogen and oxygen atoms in total. The fourth-order valence-corrected chi connectivity index (χ4v) is 3.31. The van der Waals surface area contributed by atoms with Crippen molar-refractivity contribution in [3.05, 3.63) is 36.5 Å². The molecule has 1 aromatic heterocycles. The molecular weight excluding hydrogens is 326 g/mol. The molecule has 0 radical (unpaired) electrons. The predicted molar refractivity (Wildman–Crippen MR) is 102 cm³/mol. The molecule has 1 saturated heterocycles. The number of anilines is 1. The molecule has 6 heteroatoms. The van der Waals surface area contributed by atoms with Crippen molar-refractivity contribution in [3.8, 4) is 6.07 Å². The number of hydrogen-bond donors (Lipinski definition) is 1. The number of fused-ring (bicyclic) bond motifs is 1. The van der Waals surface area contributed by atoms with Gasteiger partial charge in [-0.1, -0.05) is 25.1 Å². The minimum Gasteiger partial charge on any atom is -0.325 e. The van der Waals surface area contributed by atoms with Gasteiger partial charge in [0.2, 0.25) is 5.91 Å². The van der Waals surface area contributed by atoms with Gasteiger partial charge in [-0.15, -0.1) is 0 Å². The highest BCUT2D eigenvalue weighted by Crippen LogP contribution is 2.23. The van der Waals surface area contributed by atoms with Gasteiger partial charge in [-0.3, -0.25) is 9.78 Å². The lowest BCUT2D eigenvalue weighted by atomic mass is 10.2. The predicted octanol–water partition coefficient (Wildman–Crippen LogP) is 3.18. The third-order valence-corrected chi connectivity index (χ3v) is 5.06. The Labute approximate surface area is 154 Å². The van der Waals surface area contributed by atoms with Gasteiger partial charge in [0.25, 0.3) is 0 Å². The fourth-order valence-electron chi connectivity index (χ4n) is 3.31. The minimum atomic E-state index is -0.289. The van der Waals surface area contributed by atoms with Gasteiger partial charge in [0.05, 0.1) is 23.8 Å². The number of aromatic nitrogens is 1. The number of benzene rings is 1. The van der Waals surface area contributed by atoms with E-state index >= 15 is 0 Å². The number of hydrogen-bond acceptors (Lipinski definition) is 5. The molecule has 136 valence electrons. The second-order valence-corrected chi connectivity index (χ2v) is 6.75. The number of amides is 1. The summed E-state index contributed by atoms with van der Waals surface area (Å²) in [6, 6.07) is 12.0. The Kier molecular flexibility index (Phi) is 5.69. The van der Waals surface area contributed by atoms with E-state index in [9.17, 15) is 10.1 Å². The van der Waals surface area contributed by atoms with Crippen molar-refractivity contribution in [2.75, 3.05) is 18.5 Å². The summed E-state index contributed by atoms with van der Waals surface area (Å²) in [4.78, 5) is 18.9.